The van der Waals surface area contributed by atoms with E-state index in [0.29, 0.717) is 40.3 Å². The predicted octanol–water partition coefficient (Wildman–Crippen LogP) is 5.13. The minimum absolute atomic E-state index is 0.0937. The van der Waals surface area contributed by atoms with Crippen LogP contribution in [0.3, 0.4) is 0 Å². The average Bonchev–Trinajstić information content (AvgIpc) is 3.70. The van der Waals surface area contributed by atoms with Crippen LogP contribution in [0.25, 0.3) is 0 Å². The summed E-state index contributed by atoms with van der Waals surface area (Å²) in [7, 11) is 0. The molecule has 1 aromatic heterocycles. The van der Waals surface area contributed by atoms with E-state index in [4.69, 9.17) is 23.2 Å². The lowest BCUT2D eigenvalue weighted by Gasteiger charge is -2.48. The number of carbonyl (C=O) groups excluding carboxylic acids is 1. The van der Waals surface area contributed by atoms with Crippen LogP contribution < -0.4 is 10.2 Å². The first-order chi connectivity index (χ1) is 17.4. The van der Waals surface area contributed by atoms with Crippen molar-refractivity contribution in [1.29, 1.82) is 0 Å². The largest absolute Gasteiger partial charge is 0.353 e. The smallest absolute Gasteiger partial charge is 0.253 e. The summed E-state index contributed by atoms with van der Waals surface area (Å²) in [4.78, 5) is 24.3. The molecular formula is C27H36Cl2FN5O. The molecule has 0 unspecified atom stereocenters. The summed E-state index contributed by atoms with van der Waals surface area (Å²) in [5, 5.41) is 4.15. The molecule has 6 nitrogen and oxygen atoms in total. The lowest BCUT2D eigenvalue weighted by atomic mass is 9.97. The van der Waals surface area contributed by atoms with Crippen molar-refractivity contribution in [3.05, 3.63) is 45.4 Å². The molecule has 3 fully saturated rings. The van der Waals surface area contributed by atoms with Gasteiger partial charge in [0.2, 0.25) is 0 Å². The number of hydrogen-bond acceptors (Lipinski definition) is 5. The van der Waals surface area contributed by atoms with E-state index >= 15 is 0 Å². The van der Waals surface area contributed by atoms with Crippen molar-refractivity contribution in [3.63, 3.8) is 0 Å². The zero-order valence-electron chi connectivity index (χ0n) is 21.0. The summed E-state index contributed by atoms with van der Waals surface area (Å²) in [6, 6.07) is 3.03. The number of anilines is 1. The fourth-order valence-electron chi connectivity index (χ4n) is 5.73. The van der Waals surface area contributed by atoms with Crippen molar-refractivity contribution < 1.29 is 9.18 Å². The van der Waals surface area contributed by atoms with Gasteiger partial charge in [-0.3, -0.25) is 14.6 Å². The molecule has 1 aromatic rings. The molecule has 2 saturated heterocycles. The first kappa shape index (κ1) is 26.0. The maximum absolute atomic E-state index is 14.3. The molecule has 1 saturated carbocycles. The van der Waals surface area contributed by atoms with Crippen LogP contribution in [0.4, 0.5) is 10.2 Å². The van der Waals surface area contributed by atoms with Gasteiger partial charge < -0.3 is 10.2 Å². The number of carbonyl (C=O) groups is 1. The number of nitrogens with zero attached hydrogens (tertiary/aromatic N) is 4. The molecular weight excluding hydrogens is 500 g/mol. The topological polar surface area (TPSA) is 51.7 Å². The summed E-state index contributed by atoms with van der Waals surface area (Å²) in [5.41, 5.74) is 1.41. The standard InChI is InChI=1S/C27H36Cl2FN5O/c1-2-22-17-34(26-24(29)13-19(15-31-26)27(36)32-21-5-6-21)11-12-35(22)23-7-9-33(10-8-23)16-18-3-4-20(28)14-25(18)30/h13-15,21-23H,2-12,16-17H2,1H3,(H,32,36)/t22-/m0/s1. The van der Waals surface area contributed by atoms with Gasteiger partial charge in [-0.1, -0.05) is 30.1 Å². The Morgan fingerprint density at radius 2 is 1.92 bits per heavy atom. The van der Waals surface area contributed by atoms with Gasteiger partial charge in [0.05, 0.1) is 10.6 Å². The summed E-state index contributed by atoms with van der Waals surface area (Å²) in [5.74, 6) is 0.535. The van der Waals surface area contributed by atoms with Crippen LogP contribution in [0, 0.1) is 0 Å². The van der Waals surface area contributed by atoms with E-state index in [1.165, 1.54) is 6.08 Å². The van der Waals surface area contributed by atoms with Crippen LogP contribution >= 0.6 is 23.2 Å². The average molecular weight is 537 g/mol. The van der Waals surface area contributed by atoms with Gasteiger partial charge in [-0.05, 0) is 75.8 Å². The van der Waals surface area contributed by atoms with E-state index < -0.39 is 0 Å². The van der Waals surface area contributed by atoms with E-state index in [2.05, 4.69) is 31.9 Å². The molecule has 5 rings (SSSR count). The van der Waals surface area contributed by atoms with E-state index in [1.807, 2.05) is 0 Å². The molecule has 1 atom stereocenters. The molecule has 0 spiro atoms. The van der Waals surface area contributed by atoms with E-state index in [9.17, 15) is 9.18 Å². The Morgan fingerprint density at radius 3 is 2.58 bits per heavy atom. The molecule has 2 aliphatic carbocycles. The van der Waals surface area contributed by atoms with Crippen molar-refractivity contribution in [1.82, 2.24) is 20.1 Å². The number of likely N-dealkylation sites (tertiary alicyclic amines) is 1. The number of aromatic nitrogens is 1. The van der Waals surface area contributed by atoms with Crippen LogP contribution in [-0.2, 0) is 0 Å². The van der Waals surface area contributed by atoms with Crippen LogP contribution in [0.15, 0.2) is 34.8 Å². The van der Waals surface area contributed by atoms with Crippen molar-refractivity contribution >= 4 is 34.9 Å². The number of pyridine rings is 1. The SMILES string of the molecule is CC[C@H]1CN(c2ncc(C(=O)NC3CC3)cc2Cl)CCN1C1CCN(CC2=C(F)C=C(Cl)CC2)CC1. The quantitative estimate of drug-likeness (QED) is 0.524. The summed E-state index contributed by atoms with van der Waals surface area (Å²) in [6.07, 6.45) is 9.97. The van der Waals surface area contributed by atoms with E-state index in [-0.39, 0.29) is 11.7 Å². The fourth-order valence-corrected chi connectivity index (χ4v) is 6.20. The van der Waals surface area contributed by atoms with Crippen LogP contribution in [-0.4, -0.2) is 78.1 Å². The second-order valence-corrected chi connectivity index (χ2v) is 11.5. The second kappa shape index (κ2) is 11.4. The Balaban J connectivity index is 1.16. The van der Waals surface area contributed by atoms with Crippen molar-refractivity contribution in [2.24, 2.45) is 0 Å². The lowest BCUT2D eigenvalue weighted by molar-refractivity contribution is 0.0654. The van der Waals surface area contributed by atoms with Gasteiger partial charge in [0, 0.05) is 55.5 Å². The van der Waals surface area contributed by atoms with Gasteiger partial charge >= 0.3 is 0 Å². The molecule has 36 heavy (non-hydrogen) atoms. The number of allylic oxidation sites excluding steroid dienone is 3. The molecule has 3 heterocycles. The molecule has 1 amide bonds. The Kier molecular flexibility index (Phi) is 8.21. The highest BCUT2D eigenvalue weighted by atomic mass is 35.5. The van der Waals surface area contributed by atoms with Crippen molar-refractivity contribution in [2.75, 3.05) is 44.2 Å². The Hall–Kier alpha value is -1.67. The second-order valence-electron chi connectivity index (χ2n) is 10.6. The minimum Gasteiger partial charge on any atom is -0.353 e. The third kappa shape index (κ3) is 6.07. The Labute approximate surface area is 223 Å². The molecule has 4 aliphatic rings. The molecule has 0 aromatic carbocycles. The van der Waals surface area contributed by atoms with Gasteiger partial charge in [-0.2, -0.15) is 0 Å². The van der Waals surface area contributed by atoms with Crippen molar-refractivity contribution in [3.8, 4) is 0 Å². The number of halogens is 3. The highest BCUT2D eigenvalue weighted by Crippen LogP contribution is 2.31. The van der Waals surface area contributed by atoms with Crippen LogP contribution in [0.2, 0.25) is 5.02 Å². The molecule has 1 N–H and O–H groups in total. The first-order valence-corrected chi connectivity index (χ1v) is 14.1. The lowest BCUT2D eigenvalue weighted by Crippen LogP contribution is -2.58. The van der Waals surface area contributed by atoms with Gasteiger partial charge in [-0.25, -0.2) is 9.37 Å². The molecule has 9 heteroatoms. The zero-order chi connectivity index (χ0) is 25.2. The first-order valence-electron chi connectivity index (χ1n) is 13.3. The van der Waals surface area contributed by atoms with Crippen LogP contribution in [0.1, 0.15) is 62.2 Å². The third-order valence-electron chi connectivity index (χ3n) is 8.02. The monoisotopic (exact) mass is 535 g/mol. The number of piperidine rings is 1. The summed E-state index contributed by atoms with van der Waals surface area (Å²) in [6.45, 7) is 7.65. The highest BCUT2D eigenvalue weighted by molar-refractivity contribution is 6.33. The minimum atomic E-state index is -0.139. The Morgan fingerprint density at radius 1 is 1.14 bits per heavy atom. The van der Waals surface area contributed by atoms with Gasteiger partial charge in [0.1, 0.15) is 11.6 Å². The van der Waals surface area contributed by atoms with E-state index in [1.54, 1.807) is 12.3 Å². The van der Waals surface area contributed by atoms with Gasteiger partial charge in [0.15, 0.2) is 0 Å². The third-order valence-corrected chi connectivity index (χ3v) is 8.60. The molecule has 196 valence electrons. The Bertz CT molecular complexity index is 1030. The summed E-state index contributed by atoms with van der Waals surface area (Å²) >= 11 is 12.6. The normalized spacial score (nSPS) is 24.7. The summed E-state index contributed by atoms with van der Waals surface area (Å²) < 4.78 is 14.3. The number of nitrogens with one attached hydrogen (secondary N) is 1. The number of amides is 1. The van der Waals surface area contributed by atoms with Crippen molar-refractivity contribution in [2.45, 2.75) is 70.0 Å². The molecule has 0 radical (unpaired) electrons. The maximum Gasteiger partial charge on any atom is 0.253 e. The maximum atomic E-state index is 14.3. The zero-order valence-corrected chi connectivity index (χ0v) is 22.5. The van der Waals surface area contributed by atoms with E-state index in [0.717, 1.165) is 89.1 Å². The number of piperazine rings is 1. The fraction of sp³-hybridized carbons (Fsp3) is 0.630. The predicted molar refractivity (Wildman–Crippen MR) is 143 cm³/mol. The molecule has 2 aliphatic heterocycles. The van der Waals surface area contributed by atoms with Crippen LogP contribution in [0.5, 0.6) is 0 Å². The molecule has 0 bridgehead atoms. The number of rotatable bonds is 7. The number of hydrogen-bond donors (Lipinski definition) is 1. The van der Waals surface area contributed by atoms with Gasteiger partial charge in [0.25, 0.3) is 5.91 Å². The van der Waals surface area contributed by atoms with Gasteiger partial charge in [-0.15, -0.1) is 0 Å². The highest BCUT2D eigenvalue weighted by Gasteiger charge is 2.34.